The number of thiophene rings is 1. The van der Waals surface area contributed by atoms with Crippen LogP contribution in [0.25, 0.3) is 0 Å². The summed E-state index contributed by atoms with van der Waals surface area (Å²) in [6.45, 7) is 1.09. The van der Waals surface area contributed by atoms with Crippen molar-refractivity contribution in [3.05, 3.63) is 55.6 Å². The minimum atomic E-state index is 0.620. The van der Waals surface area contributed by atoms with E-state index in [1.54, 1.807) is 0 Å². The van der Waals surface area contributed by atoms with Crippen molar-refractivity contribution in [2.45, 2.75) is 31.7 Å². The Morgan fingerprint density at radius 1 is 1.24 bits per heavy atom. The Morgan fingerprint density at radius 3 is 2.76 bits per heavy atom. The Balaban J connectivity index is 1.65. The second-order valence-electron chi connectivity index (χ2n) is 5.79. The second-order valence-corrected chi connectivity index (χ2v) is 8.78. The van der Waals surface area contributed by atoms with E-state index < -0.39 is 0 Å². The van der Waals surface area contributed by atoms with Crippen LogP contribution in [0, 0.1) is 5.92 Å². The molecule has 0 saturated heterocycles. The molecule has 4 heteroatoms. The van der Waals surface area contributed by atoms with Crippen LogP contribution in [0.15, 0.2) is 40.2 Å². The molecule has 1 atom stereocenters. The molecule has 0 aliphatic heterocycles. The molecule has 0 spiro atoms. The zero-order valence-corrected chi connectivity index (χ0v) is 15.0. The standard InChI is InChI=1S/C17H19BrClNS/c18-17-7-6-16(21-17)10-13(11-20-15-4-5-15)8-12-2-1-3-14(19)9-12/h1-3,6-7,9,13,15,20H,4-5,8,10-11H2. The Morgan fingerprint density at radius 2 is 2.10 bits per heavy atom. The van der Waals surface area contributed by atoms with E-state index in [4.69, 9.17) is 11.6 Å². The fraction of sp³-hybridized carbons (Fsp3) is 0.412. The average molecular weight is 385 g/mol. The van der Waals surface area contributed by atoms with Gasteiger partial charge in [0.2, 0.25) is 0 Å². The first kappa shape index (κ1) is 15.5. The molecule has 0 amide bonds. The fourth-order valence-electron chi connectivity index (χ4n) is 2.58. The first-order valence-electron chi connectivity index (χ1n) is 7.41. The summed E-state index contributed by atoms with van der Waals surface area (Å²) in [6.07, 6.45) is 4.89. The molecule has 1 aliphatic carbocycles. The summed E-state index contributed by atoms with van der Waals surface area (Å²) in [5.74, 6) is 0.620. The summed E-state index contributed by atoms with van der Waals surface area (Å²) >= 11 is 11.5. The maximum absolute atomic E-state index is 6.11. The van der Waals surface area contributed by atoms with Crippen LogP contribution in [0.2, 0.25) is 5.02 Å². The second kappa shape index (κ2) is 7.28. The Labute approximate surface area is 143 Å². The van der Waals surface area contributed by atoms with Gasteiger partial charge in [0.25, 0.3) is 0 Å². The molecule has 21 heavy (non-hydrogen) atoms. The zero-order chi connectivity index (χ0) is 14.7. The van der Waals surface area contributed by atoms with Crippen molar-refractivity contribution in [1.82, 2.24) is 5.32 Å². The summed E-state index contributed by atoms with van der Waals surface area (Å²) in [5.41, 5.74) is 1.33. The van der Waals surface area contributed by atoms with Gasteiger partial charge in [-0.3, -0.25) is 0 Å². The molecule has 1 N–H and O–H groups in total. The van der Waals surface area contributed by atoms with Crippen LogP contribution in [-0.4, -0.2) is 12.6 Å². The average Bonchev–Trinajstić information content (AvgIpc) is 3.19. The third-order valence-electron chi connectivity index (χ3n) is 3.80. The molecule has 1 nitrogen and oxygen atoms in total. The molecule has 0 bridgehead atoms. The minimum Gasteiger partial charge on any atom is -0.314 e. The maximum atomic E-state index is 6.11. The lowest BCUT2D eigenvalue weighted by Crippen LogP contribution is -2.27. The molecule has 2 aromatic rings. The predicted molar refractivity (Wildman–Crippen MR) is 95.4 cm³/mol. The van der Waals surface area contributed by atoms with Crippen LogP contribution in [0.4, 0.5) is 0 Å². The quantitative estimate of drug-likeness (QED) is 0.681. The lowest BCUT2D eigenvalue weighted by Gasteiger charge is -2.17. The van der Waals surface area contributed by atoms with Crippen molar-refractivity contribution in [2.24, 2.45) is 5.92 Å². The van der Waals surface area contributed by atoms with E-state index >= 15 is 0 Å². The van der Waals surface area contributed by atoms with Crippen LogP contribution < -0.4 is 5.32 Å². The van der Waals surface area contributed by atoms with Gasteiger partial charge in [0.15, 0.2) is 0 Å². The molecule has 1 unspecified atom stereocenters. The number of hydrogen-bond acceptors (Lipinski definition) is 2. The molecule has 112 valence electrons. The lowest BCUT2D eigenvalue weighted by atomic mass is 9.95. The smallest absolute Gasteiger partial charge is 0.0701 e. The normalized spacial score (nSPS) is 16.1. The van der Waals surface area contributed by atoms with Gasteiger partial charge in [-0.15, -0.1) is 11.3 Å². The highest BCUT2D eigenvalue weighted by Crippen LogP contribution is 2.26. The number of nitrogens with one attached hydrogen (secondary N) is 1. The van der Waals surface area contributed by atoms with Gasteiger partial charge in [-0.1, -0.05) is 23.7 Å². The summed E-state index contributed by atoms with van der Waals surface area (Å²) < 4.78 is 1.22. The topological polar surface area (TPSA) is 12.0 Å². The van der Waals surface area contributed by atoms with Gasteiger partial charge in [-0.2, -0.15) is 0 Å². The van der Waals surface area contributed by atoms with E-state index in [9.17, 15) is 0 Å². The molecule has 1 saturated carbocycles. The first-order chi connectivity index (χ1) is 10.2. The largest absolute Gasteiger partial charge is 0.314 e. The van der Waals surface area contributed by atoms with E-state index in [0.29, 0.717) is 5.92 Å². The van der Waals surface area contributed by atoms with Gasteiger partial charge < -0.3 is 5.32 Å². The fourth-order valence-corrected chi connectivity index (χ4v) is 4.39. The van der Waals surface area contributed by atoms with E-state index in [2.05, 4.69) is 45.5 Å². The molecule has 1 aromatic carbocycles. The monoisotopic (exact) mass is 383 g/mol. The van der Waals surface area contributed by atoms with Crippen molar-refractivity contribution >= 4 is 38.9 Å². The van der Waals surface area contributed by atoms with E-state index in [1.807, 2.05) is 23.5 Å². The summed E-state index contributed by atoms with van der Waals surface area (Å²) in [7, 11) is 0. The molecule has 1 aromatic heterocycles. The van der Waals surface area contributed by atoms with Crippen molar-refractivity contribution in [2.75, 3.05) is 6.54 Å². The van der Waals surface area contributed by atoms with Crippen molar-refractivity contribution in [3.8, 4) is 0 Å². The first-order valence-corrected chi connectivity index (χ1v) is 9.40. The summed E-state index contributed by atoms with van der Waals surface area (Å²) in [4.78, 5) is 1.45. The van der Waals surface area contributed by atoms with E-state index in [-0.39, 0.29) is 0 Å². The van der Waals surface area contributed by atoms with Gasteiger partial charge in [-0.25, -0.2) is 0 Å². The number of hydrogen-bond donors (Lipinski definition) is 1. The Bertz CT molecular complexity index is 594. The highest BCUT2D eigenvalue weighted by atomic mass is 79.9. The number of benzene rings is 1. The molecule has 3 rings (SSSR count). The number of halogens is 2. The van der Waals surface area contributed by atoms with Crippen molar-refractivity contribution < 1.29 is 0 Å². The zero-order valence-electron chi connectivity index (χ0n) is 11.8. The molecule has 1 aliphatic rings. The Hall–Kier alpha value is -0.350. The maximum Gasteiger partial charge on any atom is 0.0701 e. The third-order valence-corrected chi connectivity index (χ3v) is 5.69. The van der Waals surface area contributed by atoms with Gasteiger partial charge >= 0.3 is 0 Å². The highest BCUT2D eigenvalue weighted by molar-refractivity contribution is 9.11. The summed E-state index contributed by atoms with van der Waals surface area (Å²) in [5, 5.41) is 4.51. The van der Waals surface area contributed by atoms with Gasteiger partial charge in [0, 0.05) is 15.9 Å². The lowest BCUT2D eigenvalue weighted by molar-refractivity contribution is 0.471. The number of rotatable bonds is 7. The molecule has 1 fully saturated rings. The van der Waals surface area contributed by atoms with Crippen LogP contribution in [0.3, 0.4) is 0 Å². The van der Waals surface area contributed by atoms with Gasteiger partial charge in [0.1, 0.15) is 0 Å². The SMILES string of the molecule is Clc1cccc(CC(CNC2CC2)Cc2ccc(Br)s2)c1. The van der Waals surface area contributed by atoms with Crippen LogP contribution in [0.5, 0.6) is 0 Å². The van der Waals surface area contributed by atoms with E-state index in [0.717, 1.165) is 30.5 Å². The molecular formula is C17H19BrClNS. The van der Waals surface area contributed by atoms with Crippen LogP contribution >= 0.6 is 38.9 Å². The minimum absolute atomic E-state index is 0.620. The highest BCUT2D eigenvalue weighted by Gasteiger charge is 2.22. The van der Waals surface area contributed by atoms with Crippen molar-refractivity contribution in [3.63, 3.8) is 0 Å². The van der Waals surface area contributed by atoms with Crippen LogP contribution in [0.1, 0.15) is 23.3 Å². The van der Waals surface area contributed by atoms with Crippen LogP contribution in [-0.2, 0) is 12.8 Å². The van der Waals surface area contributed by atoms with Gasteiger partial charge in [0.05, 0.1) is 3.79 Å². The molecule has 0 radical (unpaired) electrons. The molecular weight excluding hydrogens is 366 g/mol. The predicted octanol–water partition coefficient (Wildman–Crippen LogP) is 5.32. The summed E-state index contributed by atoms with van der Waals surface area (Å²) in [6, 6.07) is 13.4. The Kier molecular flexibility index (Phi) is 5.38. The third kappa shape index (κ3) is 5.10. The van der Waals surface area contributed by atoms with Gasteiger partial charge in [-0.05, 0) is 83.9 Å². The molecule has 1 heterocycles. The van der Waals surface area contributed by atoms with E-state index in [1.165, 1.54) is 27.1 Å². The van der Waals surface area contributed by atoms with Crippen molar-refractivity contribution in [1.29, 1.82) is 0 Å².